The quantitative estimate of drug-likeness (QED) is 0.834. The summed E-state index contributed by atoms with van der Waals surface area (Å²) in [5.41, 5.74) is 0.106. The van der Waals surface area contributed by atoms with Crippen molar-refractivity contribution in [2.45, 2.75) is 69.6 Å². The molecule has 19 heavy (non-hydrogen) atoms. The molecule has 0 aromatic heterocycles. The minimum atomic E-state index is -0.638. The average Bonchev–Trinajstić information content (AvgIpc) is 2.37. The Morgan fingerprint density at radius 2 is 2.16 bits per heavy atom. The van der Waals surface area contributed by atoms with E-state index in [1.54, 1.807) is 0 Å². The van der Waals surface area contributed by atoms with E-state index in [4.69, 9.17) is 4.74 Å². The van der Waals surface area contributed by atoms with E-state index in [1.165, 1.54) is 19.3 Å². The molecule has 2 heterocycles. The first-order valence-electron chi connectivity index (χ1n) is 7.72. The third-order valence-electron chi connectivity index (χ3n) is 5.39. The van der Waals surface area contributed by atoms with Crippen LogP contribution in [0.25, 0.3) is 0 Å². The van der Waals surface area contributed by atoms with E-state index < -0.39 is 5.97 Å². The molecule has 1 saturated carbocycles. The molecule has 0 aromatic carbocycles. The van der Waals surface area contributed by atoms with E-state index in [0.717, 1.165) is 38.8 Å². The number of piperidine rings is 1. The third-order valence-corrected chi connectivity index (χ3v) is 5.39. The van der Waals surface area contributed by atoms with Gasteiger partial charge in [0.15, 0.2) is 0 Å². The predicted octanol–water partition coefficient (Wildman–Crippen LogP) is 2.27. The maximum absolute atomic E-state index is 11.5. The SMILES string of the molecule is CC1CCN(C2CCOC3(CCC3)C2)C(C(=O)O)C1. The summed E-state index contributed by atoms with van der Waals surface area (Å²) < 4.78 is 5.97. The highest BCUT2D eigenvalue weighted by Gasteiger charge is 2.46. The van der Waals surface area contributed by atoms with Gasteiger partial charge in [0.1, 0.15) is 6.04 Å². The van der Waals surface area contributed by atoms with Crippen LogP contribution >= 0.6 is 0 Å². The van der Waals surface area contributed by atoms with E-state index in [2.05, 4.69) is 11.8 Å². The summed E-state index contributed by atoms with van der Waals surface area (Å²) in [6.07, 6.45) is 7.60. The summed E-state index contributed by atoms with van der Waals surface area (Å²) in [5, 5.41) is 9.49. The molecule has 3 rings (SSSR count). The highest BCUT2D eigenvalue weighted by Crippen LogP contribution is 2.44. The maximum Gasteiger partial charge on any atom is 0.320 e. The summed E-state index contributed by atoms with van der Waals surface area (Å²) >= 11 is 0. The van der Waals surface area contributed by atoms with Crippen molar-refractivity contribution in [3.63, 3.8) is 0 Å². The Bertz CT molecular complexity index is 353. The number of aliphatic carboxylic acids is 1. The zero-order valence-electron chi connectivity index (χ0n) is 11.8. The Morgan fingerprint density at radius 1 is 1.37 bits per heavy atom. The van der Waals surface area contributed by atoms with E-state index in [-0.39, 0.29) is 11.6 Å². The summed E-state index contributed by atoms with van der Waals surface area (Å²) in [5.74, 6) is -0.101. The number of carboxylic acid groups (broad SMARTS) is 1. The van der Waals surface area contributed by atoms with Gasteiger partial charge in [0.2, 0.25) is 0 Å². The number of carbonyl (C=O) groups is 1. The topological polar surface area (TPSA) is 49.8 Å². The number of hydrogen-bond donors (Lipinski definition) is 1. The lowest BCUT2D eigenvalue weighted by Crippen LogP contribution is -2.57. The molecule has 0 bridgehead atoms. The fourth-order valence-electron chi connectivity index (χ4n) is 4.04. The first-order chi connectivity index (χ1) is 9.10. The fraction of sp³-hybridized carbons (Fsp3) is 0.933. The molecule has 3 aliphatic rings. The zero-order chi connectivity index (χ0) is 13.5. The summed E-state index contributed by atoms with van der Waals surface area (Å²) in [4.78, 5) is 13.8. The van der Waals surface area contributed by atoms with Gasteiger partial charge in [0.05, 0.1) is 5.60 Å². The Balaban J connectivity index is 1.70. The number of hydrogen-bond acceptors (Lipinski definition) is 3. The van der Waals surface area contributed by atoms with Crippen LogP contribution < -0.4 is 0 Å². The van der Waals surface area contributed by atoms with Crippen molar-refractivity contribution >= 4 is 5.97 Å². The van der Waals surface area contributed by atoms with Gasteiger partial charge in [-0.3, -0.25) is 9.69 Å². The van der Waals surface area contributed by atoms with Gasteiger partial charge in [-0.25, -0.2) is 0 Å². The number of rotatable bonds is 2. The normalized spacial score (nSPS) is 38.9. The molecule has 0 aromatic rings. The third kappa shape index (κ3) is 2.52. The summed E-state index contributed by atoms with van der Waals surface area (Å²) in [6.45, 7) is 3.92. The van der Waals surface area contributed by atoms with Crippen LogP contribution in [0, 0.1) is 5.92 Å². The first kappa shape index (κ1) is 13.4. The van der Waals surface area contributed by atoms with Crippen LogP contribution in [-0.2, 0) is 9.53 Å². The maximum atomic E-state index is 11.5. The second-order valence-corrected chi connectivity index (χ2v) is 6.75. The Kier molecular flexibility index (Phi) is 3.56. The fourth-order valence-corrected chi connectivity index (χ4v) is 4.04. The number of likely N-dealkylation sites (tertiary alicyclic amines) is 1. The van der Waals surface area contributed by atoms with Crippen molar-refractivity contribution in [2.24, 2.45) is 5.92 Å². The van der Waals surface area contributed by atoms with Gasteiger partial charge in [-0.05, 0) is 57.4 Å². The van der Waals surface area contributed by atoms with Gasteiger partial charge in [-0.2, -0.15) is 0 Å². The van der Waals surface area contributed by atoms with Crippen molar-refractivity contribution in [3.05, 3.63) is 0 Å². The predicted molar refractivity (Wildman–Crippen MR) is 72.1 cm³/mol. The molecule has 3 atom stereocenters. The second-order valence-electron chi connectivity index (χ2n) is 6.75. The minimum Gasteiger partial charge on any atom is -0.480 e. The number of carboxylic acids is 1. The van der Waals surface area contributed by atoms with Gasteiger partial charge >= 0.3 is 5.97 Å². The highest BCUT2D eigenvalue weighted by atomic mass is 16.5. The lowest BCUT2D eigenvalue weighted by molar-refractivity contribution is -0.165. The van der Waals surface area contributed by atoms with Crippen molar-refractivity contribution in [3.8, 4) is 0 Å². The van der Waals surface area contributed by atoms with E-state index >= 15 is 0 Å². The molecule has 108 valence electrons. The molecule has 3 unspecified atom stereocenters. The van der Waals surface area contributed by atoms with Crippen LogP contribution in [0.4, 0.5) is 0 Å². The Labute approximate surface area is 115 Å². The van der Waals surface area contributed by atoms with Crippen LogP contribution in [0.3, 0.4) is 0 Å². The molecule has 2 aliphatic heterocycles. The molecule has 4 heteroatoms. The molecule has 3 fully saturated rings. The van der Waals surface area contributed by atoms with Crippen LogP contribution in [0.15, 0.2) is 0 Å². The molecular weight excluding hydrogens is 242 g/mol. The molecule has 1 aliphatic carbocycles. The van der Waals surface area contributed by atoms with E-state index in [1.807, 2.05) is 0 Å². The minimum absolute atomic E-state index is 0.106. The van der Waals surface area contributed by atoms with Gasteiger partial charge in [-0.15, -0.1) is 0 Å². The molecule has 0 amide bonds. The van der Waals surface area contributed by atoms with Crippen LogP contribution in [0.5, 0.6) is 0 Å². The van der Waals surface area contributed by atoms with Crippen molar-refractivity contribution in [1.82, 2.24) is 4.90 Å². The zero-order valence-corrected chi connectivity index (χ0v) is 11.8. The van der Waals surface area contributed by atoms with E-state index in [9.17, 15) is 9.90 Å². The average molecular weight is 267 g/mol. The van der Waals surface area contributed by atoms with Crippen LogP contribution in [0.1, 0.15) is 51.9 Å². The molecule has 0 radical (unpaired) electrons. The van der Waals surface area contributed by atoms with Crippen molar-refractivity contribution in [1.29, 1.82) is 0 Å². The van der Waals surface area contributed by atoms with Gasteiger partial charge in [-0.1, -0.05) is 6.92 Å². The van der Waals surface area contributed by atoms with Gasteiger partial charge in [0, 0.05) is 12.6 Å². The summed E-state index contributed by atoms with van der Waals surface area (Å²) in [6, 6.07) is 0.145. The first-order valence-corrected chi connectivity index (χ1v) is 7.72. The smallest absolute Gasteiger partial charge is 0.320 e. The lowest BCUT2D eigenvalue weighted by Gasteiger charge is -2.51. The number of nitrogens with zero attached hydrogens (tertiary/aromatic N) is 1. The summed E-state index contributed by atoms with van der Waals surface area (Å²) in [7, 11) is 0. The molecule has 1 spiro atoms. The van der Waals surface area contributed by atoms with Crippen LogP contribution in [0.2, 0.25) is 0 Å². The molecule has 4 nitrogen and oxygen atoms in total. The largest absolute Gasteiger partial charge is 0.480 e. The monoisotopic (exact) mass is 267 g/mol. The lowest BCUT2D eigenvalue weighted by atomic mass is 9.73. The van der Waals surface area contributed by atoms with Gasteiger partial charge in [0.25, 0.3) is 0 Å². The Morgan fingerprint density at radius 3 is 2.79 bits per heavy atom. The van der Waals surface area contributed by atoms with E-state index in [0.29, 0.717) is 12.0 Å². The second kappa shape index (κ2) is 5.06. The van der Waals surface area contributed by atoms with Crippen LogP contribution in [-0.4, -0.2) is 46.8 Å². The highest BCUT2D eigenvalue weighted by molar-refractivity contribution is 5.73. The number of ether oxygens (including phenoxy) is 1. The van der Waals surface area contributed by atoms with Crippen molar-refractivity contribution in [2.75, 3.05) is 13.2 Å². The van der Waals surface area contributed by atoms with Crippen molar-refractivity contribution < 1.29 is 14.6 Å². The Hall–Kier alpha value is -0.610. The van der Waals surface area contributed by atoms with Gasteiger partial charge < -0.3 is 9.84 Å². The molecule has 2 saturated heterocycles. The molecular formula is C15H25NO3. The standard InChI is InChI=1S/C15H25NO3/c1-11-3-7-16(13(9-11)14(17)18)12-4-8-19-15(10-12)5-2-6-15/h11-13H,2-10H2,1H3,(H,17,18). The molecule has 1 N–H and O–H groups in total.